The Morgan fingerprint density at radius 3 is 2.30 bits per heavy atom. The summed E-state index contributed by atoms with van der Waals surface area (Å²) >= 11 is 0. The molecule has 1 fully saturated rings. The van der Waals surface area contributed by atoms with Crippen LogP contribution in [-0.4, -0.2) is 75.9 Å². The highest BCUT2D eigenvalue weighted by atomic mass is 127. The van der Waals surface area contributed by atoms with Crippen molar-refractivity contribution in [2.75, 3.05) is 48.3 Å². The molecular formula is C22H36IN5O2. The zero-order chi connectivity index (χ0) is 21.4. The third-order valence-corrected chi connectivity index (χ3v) is 5.52. The van der Waals surface area contributed by atoms with Gasteiger partial charge in [0, 0.05) is 53.9 Å². The van der Waals surface area contributed by atoms with Crippen LogP contribution >= 0.6 is 24.0 Å². The molecule has 168 valence electrons. The van der Waals surface area contributed by atoms with Gasteiger partial charge in [-0.3, -0.25) is 14.6 Å². The van der Waals surface area contributed by atoms with Crippen molar-refractivity contribution >= 4 is 41.8 Å². The summed E-state index contributed by atoms with van der Waals surface area (Å²) in [7, 11) is 8.89. The van der Waals surface area contributed by atoms with Crippen LogP contribution in [0.5, 0.6) is 0 Å². The number of guanidine groups is 1. The predicted molar refractivity (Wildman–Crippen MR) is 133 cm³/mol. The van der Waals surface area contributed by atoms with Gasteiger partial charge in [0.2, 0.25) is 5.91 Å². The summed E-state index contributed by atoms with van der Waals surface area (Å²) in [6.07, 6.45) is 4.79. The Balaban J connectivity index is 0.00000450. The largest absolute Gasteiger partial charge is 0.356 e. The van der Waals surface area contributed by atoms with Gasteiger partial charge in [-0.2, -0.15) is 0 Å². The lowest BCUT2D eigenvalue weighted by Gasteiger charge is -2.31. The minimum absolute atomic E-state index is 0. The van der Waals surface area contributed by atoms with E-state index >= 15 is 0 Å². The number of hydrogen-bond donors (Lipinski definition) is 2. The Hall–Kier alpha value is -1.84. The molecule has 0 aliphatic heterocycles. The summed E-state index contributed by atoms with van der Waals surface area (Å²) in [6.45, 7) is 1.28. The first-order chi connectivity index (χ1) is 13.8. The minimum Gasteiger partial charge on any atom is -0.356 e. The van der Waals surface area contributed by atoms with Crippen LogP contribution in [0.15, 0.2) is 29.3 Å². The molecule has 0 radical (unpaired) electrons. The zero-order valence-electron chi connectivity index (χ0n) is 18.8. The van der Waals surface area contributed by atoms with Crippen LogP contribution in [0.2, 0.25) is 0 Å². The Kier molecular flexibility index (Phi) is 10.6. The van der Waals surface area contributed by atoms with Gasteiger partial charge in [-0.05, 0) is 37.0 Å². The smallest absolute Gasteiger partial charge is 0.253 e. The van der Waals surface area contributed by atoms with Crippen molar-refractivity contribution in [3.8, 4) is 0 Å². The van der Waals surface area contributed by atoms with Gasteiger partial charge >= 0.3 is 0 Å². The van der Waals surface area contributed by atoms with Crippen LogP contribution in [0, 0.1) is 5.41 Å². The number of rotatable bonds is 7. The van der Waals surface area contributed by atoms with Crippen molar-refractivity contribution in [3.63, 3.8) is 0 Å². The van der Waals surface area contributed by atoms with E-state index in [1.54, 1.807) is 30.9 Å². The van der Waals surface area contributed by atoms with Crippen LogP contribution in [0.1, 0.15) is 41.6 Å². The number of aliphatic imine (C=N–C) groups is 1. The summed E-state index contributed by atoms with van der Waals surface area (Å²) in [5, 5.41) is 6.67. The number of amides is 2. The van der Waals surface area contributed by atoms with Crippen molar-refractivity contribution < 1.29 is 9.59 Å². The van der Waals surface area contributed by atoms with Crippen LogP contribution in [0.25, 0.3) is 0 Å². The molecule has 2 rings (SSSR count). The number of hydrogen-bond acceptors (Lipinski definition) is 3. The lowest BCUT2D eigenvalue weighted by Crippen LogP contribution is -2.49. The van der Waals surface area contributed by atoms with Gasteiger partial charge in [0.15, 0.2) is 5.96 Å². The fourth-order valence-corrected chi connectivity index (χ4v) is 3.91. The molecule has 2 amide bonds. The highest BCUT2D eigenvalue weighted by Crippen LogP contribution is 2.38. The first kappa shape index (κ1) is 26.2. The molecule has 30 heavy (non-hydrogen) atoms. The SMILES string of the molecule is CN=C(NCCc1cccc(C(=O)N(C)C)c1)NCC1(C(=O)N(C)C)CCCC1.I. The number of carbonyl (C=O) groups is 2. The molecule has 0 unspecified atom stereocenters. The van der Waals surface area contributed by atoms with Gasteiger partial charge < -0.3 is 20.4 Å². The van der Waals surface area contributed by atoms with E-state index in [1.807, 2.05) is 38.4 Å². The fourth-order valence-electron chi connectivity index (χ4n) is 3.91. The minimum atomic E-state index is -0.331. The maximum absolute atomic E-state index is 12.7. The highest BCUT2D eigenvalue weighted by Gasteiger charge is 2.42. The van der Waals surface area contributed by atoms with E-state index in [2.05, 4.69) is 15.6 Å². The number of benzene rings is 1. The number of carbonyl (C=O) groups excluding carboxylic acids is 2. The third kappa shape index (κ3) is 6.85. The predicted octanol–water partition coefficient (Wildman–Crippen LogP) is 2.36. The summed E-state index contributed by atoms with van der Waals surface area (Å²) < 4.78 is 0. The second kappa shape index (κ2) is 12.1. The van der Waals surface area contributed by atoms with Crippen LogP contribution in [0.3, 0.4) is 0 Å². The molecule has 1 aromatic rings. The number of nitrogens with zero attached hydrogens (tertiary/aromatic N) is 3. The Morgan fingerprint density at radius 1 is 1.07 bits per heavy atom. The van der Waals surface area contributed by atoms with Gasteiger partial charge in [-0.1, -0.05) is 25.0 Å². The topological polar surface area (TPSA) is 77.0 Å². The maximum atomic E-state index is 12.7. The molecule has 8 heteroatoms. The molecule has 0 aromatic heterocycles. The summed E-state index contributed by atoms with van der Waals surface area (Å²) in [5.41, 5.74) is 1.46. The van der Waals surface area contributed by atoms with Crippen molar-refractivity contribution in [1.82, 2.24) is 20.4 Å². The number of nitrogens with one attached hydrogen (secondary N) is 2. The molecule has 0 spiro atoms. The molecule has 1 aliphatic carbocycles. The first-order valence-corrected chi connectivity index (χ1v) is 10.3. The maximum Gasteiger partial charge on any atom is 0.253 e. The van der Waals surface area contributed by atoms with Crippen molar-refractivity contribution in [2.45, 2.75) is 32.1 Å². The van der Waals surface area contributed by atoms with E-state index in [9.17, 15) is 9.59 Å². The fraction of sp³-hybridized carbons (Fsp3) is 0.591. The molecule has 1 saturated carbocycles. The van der Waals surface area contributed by atoms with Crippen LogP contribution in [0.4, 0.5) is 0 Å². The first-order valence-electron chi connectivity index (χ1n) is 10.3. The summed E-state index contributed by atoms with van der Waals surface area (Å²) in [4.78, 5) is 32.4. The summed E-state index contributed by atoms with van der Waals surface area (Å²) in [6, 6.07) is 7.70. The van der Waals surface area contributed by atoms with E-state index in [-0.39, 0.29) is 41.2 Å². The molecular weight excluding hydrogens is 493 g/mol. The molecule has 0 atom stereocenters. The lowest BCUT2D eigenvalue weighted by atomic mass is 9.84. The Bertz CT molecular complexity index is 743. The second-order valence-corrected chi connectivity index (χ2v) is 8.19. The van der Waals surface area contributed by atoms with Crippen molar-refractivity contribution in [1.29, 1.82) is 0 Å². The quantitative estimate of drug-likeness (QED) is 0.323. The van der Waals surface area contributed by atoms with E-state index in [4.69, 9.17) is 0 Å². The zero-order valence-corrected chi connectivity index (χ0v) is 21.2. The molecule has 0 heterocycles. The molecule has 7 nitrogen and oxygen atoms in total. The second-order valence-electron chi connectivity index (χ2n) is 8.19. The standard InChI is InChI=1S/C22H35N5O2.HI/c1-23-21(25-16-22(12-6-7-13-22)20(29)27(4)5)24-14-11-17-9-8-10-18(15-17)19(28)26(2)3;/h8-10,15H,6-7,11-14,16H2,1-5H3,(H2,23,24,25);1H. The molecule has 0 saturated heterocycles. The number of halogens is 1. The Morgan fingerprint density at radius 2 is 1.73 bits per heavy atom. The van der Waals surface area contributed by atoms with Gasteiger partial charge in [0.25, 0.3) is 5.91 Å². The average molecular weight is 529 g/mol. The Labute approximate surface area is 197 Å². The van der Waals surface area contributed by atoms with Gasteiger partial charge in [0.05, 0.1) is 5.41 Å². The van der Waals surface area contributed by atoms with E-state index < -0.39 is 0 Å². The van der Waals surface area contributed by atoms with Gasteiger partial charge in [0.1, 0.15) is 0 Å². The third-order valence-electron chi connectivity index (χ3n) is 5.52. The van der Waals surface area contributed by atoms with Gasteiger partial charge in [-0.25, -0.2) is 0 Å². The monoisotopic (exact) mass is 529 g/mol. The molecule has 2 N–H and O–H groups in total. The van der Waals surface area contributed by atoms with Crippen LogP contribution < -0.4 is 10.6 Å². The summed E-state index contributed by atoms with van der Waals surface area (Å²) in [5.74, 6) is 0.897. The molecule has 1 aromatic carbocycles. The van der Waals surface area contributed by atoms with Gasteiger partial charge in [-0.15, -0.1) is 24.0 Å². The normalized spacial score (nSPS) is 15.2. The van der Waals surface area contributed by atoms with Crippen molar-refractivity contribution in [3.05, 3.63) is 35.4 Å². The van der Waals surface area contributed by atoms with E-state index in [1.165, 1.54) is 0 Å². The lowest BCUT2D eigenvalue weighted by molar-refractivity contribution is -0.138. The van der Waals surface area contributed by atoms with Crippen molar-refractivity contribution in [2.24, 2.45) is 10.4 Å². The highest BCUT2D eigenvalue weighted by molar-refractivity contribution is 14.0. The molecule has 1 aliphatic rings. The van der Waals surface area contributed by atoms with E-state index in [0.29, 0.717) is 24.6 Å². The van der Waals surface area contributed by atoms with E-state index in [0.717, 1.165) is 37.7 Å². The molecule has 0 bridgehead atoms. The average Bonchev–Trinajstić information content (AvgIpc) is 3.19. The van der Waals surface area contributed by atoms with Crippen LogP contribution in [-0.2, 0) is 11.2 Å².